The number of oxazole rings is 1. The van der Waals surface area contributed by atoms with Crippen molar-refractivity contribution in [2.75, 3.05) is 0 Å². The Hall–Kier alpha value is -3.09. The van der Waals surface area contributed by atoms with Gasteiger partial charge in [-0.2, -0.15) is 0 Å². The van der Waals surface area contributed by atoms with Crippen LogP contribution in [-0.4, -0.2) is 23.3 Å². The number of rotatable bonds is 2. The third-order valence-corrected chi connectivity index (χ3v) is 6.56. The zero-order valence-corrected chi connectivity index (χ0v) is 17.9. The molecular weight excluding hydrogens is 389 g/mol. The molecule has 0 N–H and O–H groups in total. The Kier molecular flexibility index (Phi) is 3.74. The summed E-state index contributed by atoms with van der Waals surface area (Å²) in [6.45, 7) is 8.21. The van der Waals surface area contributed by atoms with Gasteiger partial charge in [-0.05, 0) is 63.5 Å². The molecule has 5 aromatic rings. The molecule has 1 fully saturated rings. The van der Waals surface area contributed by atoms with Crippen LogP contribution in [0.3, 0.4) is 0 Å². The molecule has 0 unspecified atom stereocenters. The van der Waals surface area contributed by atoms with Crippen molar-refractivity contribution in [2.24, 2.45) is 0 Å². The second kappa shape index (κ2) is 6.22. The van der Waals surface area contributed by atoms with Crippen molar-refractivity contribution in [1.82, 2.24) is 4.98 Å². The highest BCUT2D eigenvalue weighted by Crippen LogP contribution is 2.38. The minimum atomic E-state index is -0.433. The van der Waals surface area contributed by atoms with E-state index in [0.29, 0.717) is 5.89 Å². The van der Waals surface area contributed by atoms with E-state index in [1.165, 1.54) is 0 Å². The Balaban J connectivity index is 1.49. The van der Waals surface area contributed by atoms with Crippen molar-refractivity contribution in [3.63, 3.8) is 0 Å². The van der Waals surface area contributed by atoms with Gasteiger partial charge in [0.15, 0.2) is 5.58 Å². The molecular formula is C25H22BNO4. The molecule has 0 atom stereocenters. The topological polar surface area (TPSA) is 57.6 Å². The van der Waals surface area contributed by atoms with E-state index in [1.807, 2.05) is 60.7 Å². The number of nitrogens with zero attached hydrogens (tertiary/aromatic N) is 1. The summed E-state index contributed by atoms with van der Waals surface area (Å²) in [4.78, 5) is 4.68. The number of furan rings is 1. The van der Waals surface area contributed by atoms with E-state index in [1.54, 1.807) is 0 Å². The van der Waals surface area contributed by atoms with Crippen LogP contribution < -0.4 is 5.46 Å². The first-order valence-electron chi connectivity index (χ1n) is 10.5. The fraction of sp³-hybridized carbons (Fsp3) is 0.240. The van der Waals surface area contributed by atoms with E-state index in [-0.39, 0.29) is 11.2 Å². The molecule has 5 nitrogen and oxygen atoms in total. The molecule has 0 radical (unpaired) electrons. The summed E-state index contributed by atoms with van der Waals surface area (Å²) in [5, 5.41) is 1.92. The molecule has 0 aliphatic carbocycles. The third kappa shape index (κ3) is 2.75. The van der Waals surface area contributed by atoms with Gasteiger partial charge >= 0.3 is 7.12 Å². The van der Waals surface area contributed by atoms with Crippen LogP contribution in [0.5, 0.6) is 0 Å². The molecule has 0 amide bonds. The number of benzene rings is 3. The second-order valence-electron chi connectivity index (χ2n) is 9.12. The van der Waals surface area contributed by atoms with Gasteiger partial charge in [0, 0.05) is 10.9 Å². The Labute approximate surface area is 180 Å². The first-order chi connectivity index (χ1) is 14.8. The van der Waals surface area contributed by atoms with E-state index in [2.05, 4.69) is 32.7 Å². The van der Waals surface area contributed by atoms with E-state index in [9.17, 15) is 0 Å². The largest absolute Gasteiger partial charge is 0.494 e. The number of fused-ring (bicyclic) bond motifs is 5. The second-order valence-corrected chi connectivity index (χ2v) is 9.12. The lowest BCUT2D eigenvalue weighted by Gasteiger charge is -2.32. The quantitative estimate of drug-likeness (QED) is 0.349. The summed E-state index contributed by atoms with van der Waals surface area (Å²) in [6, 6.07) is 19.9. The van der Waals surface area contributed by atoms with E-state index < -0.39 is 7.12 Å². The van der Waals surface area contributed by atoms with Gasteiger partial charge in [0.05, 0.1) is 16.6 Å². The molecule has 31 heavy (non-hydrogen) atoms. The van der Waals surface area contributed by atoms with Crippen LogP contribution in [-0.2, 0) is 9.31 Å². The lowest BCUT2D eigenvalue weighted by molar-refractivity contribution is 0.00578. The van der Waals surface area contributed by atoms with Gasteiger partial charge in [-0.15, -0.1) is 0 Å². The van der Waals surface area contributed by atoms with Crippen molar-refractivity contribution in [3.05, 3.63) is 60.7 Å². The summed E-state index contributed by atoms with van der Waals surface area (Å²) < 4.78 is 24.8. The summed E-state index contributed by atoms with van der Waals surface area (Å²) >= 11 is 0. The fourth-order valence-corrected chi connectivity index (χ4v) is 4.09. The van der Waals surface area contributed by atoms with Crippen LogP contribution in [0, 0.1) is 0 Å². The van der Waals surface area contributed by atoms with Crippen molar-refractivity contribution in [2.45, 2.75) is 38.9 Å². The maximum atomic E-state index is 6.20. The number of hydrogen-bond donors (Lipinski definition) is 0. The molecule has 3 aromatic carbocycles. The summed E-state index contributed by atoms with van der Waals surface area (Å²) in [6.07, 6.45) is 0. The van der Waals surface area contributed by atoms with Crippen molar-refractivity contribution in [1.29, 1.82) is 0 Å². The zero-order valence-electron chi connectivity index (χ0n) is 17.9. The van der Waals surface area contributed by atoms with E-state index in [4.69, 9.17) is 18.1 Å². The lowest BCUT2D eigenvalue weighted by Crippen LogP contribution is -2.41. The predicted octanol–water partition coefficient (Wildman–Crippen LogP) is 5.69. The molecule has 0 bridgehead atoms. The molecule has 0 spiro atoms. The van der Waals surface area contributed by atoms with Crippen LogP contribution in [0.4, 0.5) is 0 Å². The molecule has 6 heteroatoms. The van der Waals surface area contributed by atoms with Gasteiger partial charge in [-0.1, -0.05) is 30.3 Å². The maximum absolute atomic E-state index is 6.20. The van der Waals surface area contributed by atoms with Crippen molar-refractivity contribution in [3.8, 4) is 11.5 Å². The standard InChI is InChI=1S/C25H22BNO4/c1-24(2)25(3,4)31-26(30-24)16-10-11-17-20(14-16)28-19-13-12-18-22(21(17)19)29-23(27-18)15-8-6-5-7-9-15/h5-14H,1-4H3. The van der Waals surface area contributed by atoms with Gasteiger partial charge in [0.1, 0.15) is 16.7 Å². The lowest BCUT2D eigenvalue weighted by atomic mass is 9.79. The fourth-order valence-electron chi connectivity index (χ4n) is 4.09. The molecule has 154 valence electrons. The monoisotopic (exact) mass is 411 g/mol. The van der Waals surface area contributed by atoms with E-state index >= 15 is 0 Å². The Morgan fingerprint density at radius 2 is 1.52 bits per heavy atom. The van der Waals surface area contributed by atoms with Crippen LogP contribution >= 0.6 is 0 Å². The molecule has 1 saturated heterocycles. The highest BCUT2D eigenvalue weighted by Gasteiger charge is 2.51. The SMILES string of the molecule is CC1(C)OB(c2ccc3c(c2)oc2ccc4nc(-c5ccccc5)oc4c23)OC1(C)C. The normalized spacial score (nSPS) is 17.9. The van der Waals surface area contributed by atoms with Crippen molar-refractivity contribution >= 4 is 45.6 Å². The molecule has 1 aliphatic rings. The summed E-state index contributed by atoms with van der Waals surface area (Å²) in [7, 11) is -0.433. The Bertz CT molecular complexity index is 1430. The minimum Gasteiger partial charge on any atom is -0.456 e. The first-order valence-corrected chi connectivity index (χ1v) is 10.5. The van der Waals surface area contributed by atoms with Crippen LogP contribution in [0.25, 0.3) is 44.5 Å². The molecule has 2 aromatic heterocycles. The predicted molar refractivity (Wildman–Crippen MR) is 122 cm³/mol. The Morgan fingerprint density at radius 3 is 2.26 bits per heavy atom. The maximum Gasteiger partial charge on any atom is 0.494 e. The van der Waals surface area contributed by atoms with Crippen LogP contribution in [0.15, 0.2) is 69.5 Å². The van der Waals surface area contributed by atoms with Gasteiger partial charge in [-0.25, -0.2) is 4.98 Å². The average Bonchev–Trinajstić information content (AvgIpc) is 3.39. The molecule has 1 aliphatic heterocycles. The van der Waals surface area contributed by atoms with Gasteiger partial charge in [0.2, 0.25) is 5.89 Å². The highest BCUT2D eigenvalue weighted by atomic mass is 16.7. The van der Waals surface area contributed by atoms with Gasteiger partial charge in [0.25, 0.3) is 0 Å². The smallest absolute Gasteiger partial charge is 0.456 e. The van der Waals surface area contributed by atoms with E-state index in [0.717, 1.165) is 44.1 Å². The third-order valence-electron chi connectivity index (χ3n) is 6.56. The van der Waals surface area contributed by atoms with Gasteiger partial charge in [-0.3, -0.25) is 0 Å². The molecule has 0 saturated carbocycles. The molecule has 6 rings (SSSR count). The summed E-state index contributed by atoms with van der Waals surface area (Å²) in [5.74, 6) is 0.603. The Morgan fingerprint density at radius 1 is 0.774 bits per heavy atom. The first kappa shape index (κ1) is 18.7. The minimum absolute atomic E-state index is 0.389. The number of hydrogen-bond acceptors (Lipinski definition) is 5. The van der Waals surface area contributed by atoms with Crippen molar-refractivity contribution < 1.29 is 18.1 Å². The van der Waals surface area contributed by atoms with Crippen LogP contribution in [0.1, 0.15) is 27.7 Å². The van der Waals surface area contributed by atoms with Gasteiger partial charge < -0.3 is 18.1 Å². The summed E-state index contributed by atoms with van der Waals surface area (Å²) in [5.41, 5.74) is 4.19. The molecule has 3 heterocycles. The highest BCUT2D eigenvalue weighted by molar-refractivity contribution is 6.62. The average molecular weight is 411 g/mol. The number of aromatic nitrogens is 1. The zero-order chi connectivity index (χ0) is 21.4. The van der Waals surface area contributed by atoms with Crippen LogP contribution in [0.2, 0.25) is 0 Å².